The predicted octanol–water partition coefficient (Wildman–Crippen LogP) is -1.54. The van der Waals surface area contributed by atoms with Crippen molar-refractivity contribution in [3.05, 3.63) is 0 Å². The van der Waals surface area contributed by atoms with E-state index in [0.29, 0.717) is 0 Å². The summed E-state index contributed by atoms with van der Waals surface area (Å²) in [7, 11) is 2.84. The molecule has 0 spiro atoms. The third-order valence-electron chi connectivity index (χ3n) is 1.40. The zero-order valence-corrected chi connectivity index (χ0v) is 8.03. The van der Waals surface area contributed by atoms with Gasteiger partial charge < -0.3 is 20.6 Å². The van der Waals surface area contributed by atoms with Gasteiger partial charge in [-0.3, -0.25) is 9.59 Å². The number of aliphatic carboxylic acids is 1. The summed E-state index contributed by atoms with van der Waals surface area (Å²) in [5, 5.41) is 12.7. The Morgan fingerprint density at radius 3 is 2.36 bits per heavy atom. The van der Waals surface area contributed by atoms with Crippen LogP contribution in [0.25, 0.3) is 0 Å². The number of carbonyl (C=O) groups excluding carboxylic acids is 2. The highest BCUT2D eigenvalue weighted by atomic mass is 16.4. The molecule has 0 aliphatic carbocycles. The Kier molecular flexibility index (Phi) is 5.05. The normalized spacial score (nSPS) is 9.00. The van der Waals surface area contributed by atoms with E-state index in [1.807, 2.05) is 0 Å². The molecule has 7 nitrogen and oxygen atoms in total. The maximum atomic E-state index is 11.1. The molecule has 80 valence electrons. The third kappa shape index (κ3) is 4.96. The molecule has 3 N–H and O–H groups in total. The fraction of sp³-hybridized carbons (Fsp3) is 0.571. The van der Waals surface area contributed by atoms with Crippen molar-refractivity contribution < 1.29 is 19.5 Å². The summed E-state index contributed by atoms with van der Waals surface area (Å²) >= 11 is 0. The molecule has 0 saturated carbocycles. The summed E-state index contributed by atoms with van der Waals surface area (Å²) in [4.78, 5) is 33.1. The van der Waals surface area contributed by atoms with Crippen LogP contribution in [0.1, 0.15) is 0 Å². The molecule has 0 atom stereocenters. The number of hydrogen-bond acceptors (Lipinski definition) is 3. The van der Waals surface area contributed by atoms with E-state index in [9.17, 15) is 14.4 Å². The van der Waals surface area contributed by atoms with Gasteiger partial charge in [0, 0.05) is 14.1 Å². The molecule has 0 aromatic carbocycles. The van der Waals surface area contributed by atoms with Crippen molar-refractivity contribution in [2.45, 2.75) is 0 Å². The van der Waals surface area contributed by atoms with Crippen LogP contribution in [0.5, 0.6) is 0 Å². The van der Waals surface area contributed by atoms with E-state index in [2.05, 4.69) is 10.6 Å². The number of amides is 3. The first kappa shape index (κ1) is 12.2. The van der Waals surface area contributed by atoms with E-state index < -0.39 is 18.5 Å². The first-order valence-electron chi connectivity index (χ1n) is 3.88. The van der Waals surface area contributed by atoms with Gasteiger partial charge >= 0.3 is 12.0 Å². The van der Waals surface area contributed by atoms with Gasteiger partial charge in [-0.15, -0.1) is 0 Å². The number of urea groups is 1. The van der Waals surface area contributed by atoms with Gasteiger partial charge in [0.2, 0.25) is 5.91 Å². The van der Waals surface area contributed by atoms with Crippen LogP contribution in [0.3, 0.4) is 0 Å². The molecule has 0 aliphatic rings. The highest BCUT2D eigenvalue weighted by molar-refractivity contribution is 5.85. The molecule has 0 rings (SSSR count). The summed E-state index contributed by atoms with van der Waals surface area (Å²) in [5.74, 6) is -1.45. The van der Waals surface area contributed by atoms with E-state index in [4.69, 9.17) is 5.11 Å². The summed E-state index contributed by atoms with van der Waals surface area (Å²) in [5.41, 5.74) is 0. The Morgan fingerprint density at radius 2 is 1.93 bits per heavy atom. The second kappa shape index (κ2) is 5.79. The van der Waals surface area contributed by atoms with Crippen molar-refractivity contribution >= 4 is 17.9 Å². The molecule has 0 bridgehead atoms. The maximum absolute atomic E-state index is 11.1. The first-order valence-corrected chi connectivity index (χ1v) is 3.88. The van der Waals surface area contributed by atoms with Gasteiger partial charge in [0.15, 0.2) is 0 Å². The van der Waals surface area contributed by atoms with Crippen molar-refractivity contribution in [1.29, 1.82) is 0 Å². The monoisotopic (exact) mass is 203 g/mol. The minimum atomic E-state index is -1.13. The summed E-state index contributed by atoms with van der Waals surface area (Å²) in [6.07, 6.45) is 0. The van der Waals surface area contributed by atoms with Crippen molar-refractivity contribution in [2.75, 3.05) is 27.2 Å². The number of carboxylic acids is 1. The second-order valence-electron chi connectivity index (χ2n) is 2.58. The Morgan fingerprint density at radius 1 is 1.36 bits per heavy atom. The number of rotatable bonds is 4. The lowest BCUT2D eigenvalue weighted by Crippen LogP contribution is -2.44. The zero-order valence-electron chi connectivity index (χ0n) is 8.03. The number of carboxylic acid groups (broad SMARTS) is 1. The Labute approximate surface area is 81.1 Å². The molecule has 0 saturated heterocycles. The lowest BCUT2D eigenvalue weighted by atomic mass is 10.5. The number of carbonyl (C=O) groups is 3. The molecule has 0 aromatic heterocycles. The summed E-state index contributed by atoms with van der Waals surface area (Å²) < 4.78 is 0. The van der Waals surface area contributed by atoms with Crippen LogP contribution in [0, 0.1) is 0 Å². The summed E-state index contributed by atoms with van der Waals surface area (Å²) in [6, 6.07) is -0.601. The van der Waals surface area contributed by atoms with Crippen molar-refractivity contribution in [1.82, 2.24) is 15.5 Å². The third-order valence-corrected chi connectivity index (χ3v) is 1.40. The van der Waals surface area contributed by atoms with Crippen LogP contribution >= 0.6 is 0 Å². The van der Waals surface area contributed by atoms with Crippen molar-refractivity contribution in [3.8, 4) is 0 Å². The average Bonchev–Trinajstić information content (AvgIpc) is 2.13. The fourth-order valence-corrected chi connectivity index (χ4v) is 0.652. The van der Waals surface area contributed by atoms with Crippen LogP contribution in [-0.4, -0.2) is 55.1 Å². The highest BCUT2D eigenvalue weighted by Crippen LogP contribution is 1.83. The van der Waals surface area contributed by atoms with Crippen LogP contribution in [0.4, 0.5) is 4.79 Å². The molecule has 0 unspecified atom stereocenters. The maximum Gasteiger partial charge on any atom is 0.323 e. The van der Waals surface area contributed by atoms with Gasteiger partial charge in [-0.25, -0.2) is 4.79 Å². The van der Waals surface area contributed by atoms with Gasteiger partial charge in [0.05, 0.1) is 0 Å². The number of likely N-dealkylation sites (N-methyl/N-ethyl adjacent to an activating group) is 2. The molecule has 0 fully saturated rings. The smallest absolute Gasteiger partial charge is 0.323 e. The lowest BCUT2D eigenvalue weighted by Gasteiger charge is -2.15. The summed E-state index contributed by atoms with van der Waals surface area (Å²) in [6.45, 7) is -0.571. The topological polar surface area (TPSA) is 98.7 Å². The quantitative estimate of drug-likeness (QED) is 0.515. The van der Waals surface area contributed by atoms with Gasteiger partial charge in [0.1, 0.15) is 13.1 Å². The van der Waals surface area contributed by atoms with Crippen molar-refractivity contribution in [3.63, 3.8) is 0 Å². The second-order valence-corrected chi connectivity index (χ2v) is 2.58. The van der Waals surface area contributed by atoms with Crippen LogP contribution < -0.4 is 10.6 Å². The van der Waals surface area contributed by atoms with E-state index in [1.54, 1.807) is 0 Å². The van der Waals surface area contributed by atoms with Crippen LogP contribution in [0.2, 0.25) is 0 Å². The van der Waals surface area contributed by atoms with Crippen molar-refractivity contribution in [2.24, 2.45) is 0 Å². The molecule has 14 heavy (non-hydrogen) atoms. The van der Waals surface area contributed by atoms with Crippen LogP contribution in [0.15, 0.2) is 0 Å². The molecule has 0 heterocycles. The molecule has 7 heteroatoms. The van der Waals surface area contributed by atoms with Crippen LogP contribution in [-0.2, 0) is 9.59 Å². The molecule has 3 amide bonds. The fourth-order valence-electron chi connectivity index (χ4n) is 0.652. The van der Waals surface area contributed by atoms with E-state index >= 15 is 0 Å². The van der Waals surface area contributed by atoms with Gasteiger partial charge in [-0.1, -0.05) is 0 Å². The highest BCUT2D eigenvalue weighted by Gasteiger charge is 2.11. The Hall–Kier alpha value is -1.79. The lowest BCUT2D eigenvalue weighted by molar-refractivity contribution is -0.135. The SMILES string of the molecule is CNC(=O)CN(C)C(=O)NCC(=O)O. The zero-order chi connectivity index (χ0) is 11.1. The number of hydrogen-bond donors (Lipinski definition) is 3. The predicted molar refractivity (Wildman–Crippen MR) is 47.7 cm³/mol. The number of nitrogens with one attached hydrogen (secondary N) is 2. The van der Waals surface area contributed by atoms with Gasteiger partial charge in [-0.05, 0) is 0 Å². The molecular formula is C7H13N3O4. The standard InChI is InChI=1S/C7H13N3O4/c1-8-5(11)4-10(2)7(14)9-3-6(12)13/h3-4H2,1-2H3,(H,8,11)(H,9,14)(H,12,13). The average molecular weight is 203 g/mol. The largest absolute Gasteiger partial charge is 0.480 e. The van der Waals surface area contributed by atoms with Gasteiger partial charge in [0.25, 0.3) is 0 Å². The van der Waals surface area contributed by atoms with E-state index in [1.165, 1.54) is 14.1 Å². The number of nitrogens with zero attached hydrogens (tertiary/aromatic N) is 1. The Bertz CT molecular complexity index is 241. The molecular weight excluding hydrogens is 190 g/mol. The van der Waals surface area contributed by atoms with E-state index in [0.717, 1.165) is 4.90 Å². The van der Waals surface area contributed by atoms with Gasteiger partial charge in [-0.2, -0.15) is 0 Å². The first-order chi connectivity index (χ1) is 6.47. The molecule has 0 aromatic rings. The minimum Gasteiger partial charge on any atom is -0.480 e. The molecule has 0 radical (unpaired) electrons. The molecule has 0 aliphatic heterocycles. The van der Waals surface area contributed by atoms with E-state index in [-0.39, 0.29) is 12.5 Å². The Balaban J connectivity index is 3.87. The minimum absolute atomic E-state index is 0.109.